The maximum atomic E-state index is 12.6. The molecule has 4 aromatic rings. The molecule has 0 bridgehead atoms. The molecule has 2 aromatic carbocycles. The summed E-state index contributed by atoms with van der Waals surface area (Å²) in [5.41, 5.74) is 5.02. The van der Waals surface area contributed by atoms with E-state index in [2.05, 4.69) is 24.4 Å². The van der Waals surface area contributed by atoms with E-state index in [1.165, 1.54) is 5.56 Å². The van der Waals surface area contributed by atoms with E-state index < -0.39 is 0 Å². The van der Waals surface area contributed by atoms with Gasteiger partial charge in [0.2, 0.25) is 11.0 Å². The van der Waals surface area contributed by atoms with Crippen molar-refractivity contribution in [2.24, 2.45) is 0 Å². The van der Waals surface area contributed by atoms with Crippen LogP contribution in [0.4, 0.5) is 5.82 Å². The van der Waals surface area contributed by atoms with Gasteiger partial charge < -0.3 is 10.1 Å². The third kappa shape index (κ3) is 2.89. The maximum Gasteiger partial charge on any atom is 0.226 e. The molecule has 0 radical (unpaired) electrons. The van der Waals surface area contributed by atoms with Crippen molar-refractivity contribution in [1.29, 1.82) is 0 Å². The number of aromatic nitrogens is 3. The number of rotatable bonds is 3. The molecule has 5 rings (SSSR count). The van der Waals surface area contributed by atoms with Gasteiger partial charge in [0.25, 0.3) is 0 Å². The fraction of sp³-hybridized carbons (Fsp3) is 0.227. The van der Waals surface area contributed by atoms with Crippen LogP contribution in [0.15, 0.2) is 42.5 Å². The van der Waals surface area contributed by atoms with Gasteiger partial charge in [-0.05, 0) is 37.6 Å². The fourth-order valence-corrected chi connectivity index (χ4v) is 5.04. The van der Waals surface area contributed by atoms with Gasteiger partial charge in [-0.15, -0.1) is 0 Å². The molecule has 1 atom stereocenters. The summed E-state index contributed by atoms with van der Waals surface area (Å²) < 4.78 is 8.43. The van der Waals surface area contributed by atoms with Crippen LogP contribution < -0.4 is 10.1 Å². The number of amides is 1. The first kappa shape index (κ1) is 17.9. The van der Waals surface area contributed by atoms with Crippen LogP contribution in [0.5, 0.6) is 5.75 Å². The molecule has 2 aromatic heterocycles. The third-order valence-electron chi connectivity index (χ3n) is 5.33. The number of carbonyl (C=O) groups excluding carboxylic acids is 1. The lowest BCUT2D eigenvalue weighted by Gasteiger charge is -2.25. The van der Waals surface area contributed by atoms with Gasteiger partial charge in [0, 0.05) is 23.5 Å². The number of nitrogens with zero attached hydrogens (tertiary/aromatic N) is 3. The van der Waals surface area contributed by atoms with Gasteiger partial charge in [-0.1, -0.05) is 35.6 Å². The van der Waals surface area contributed by atoms with E-state index in [0.29, 0.717) is 12.2 Å². The first-order valence-electron chi connectivity index (χ1n) is 9.45. The van der Waals surface area contributed by atoms with Crippen molar-refractivity contribution >= 4 is 33.3 Å². The molecule has 146 valence electrons. The highest BCUT2D eigenvalue weighted by Gasteiger charge is 2.34. The quantitative estimate of drug-likeness (QED) is 0.543. The topological polar surface area (TPSA) is 69.0 Å². The van der Waals surface area contributed by atoms with Crippen molar-refractivity contribution in [1.82, 2.24) is 14.8 Å². The van der Waals surface area contributed by atoms with Gasteiger partial charge in [-0.25, -0.2) is 4.98 Å². The highest BCUT2D eigenvalue weighted by molar-refractivity contribution is 7.20. The number of aryl methyl sites for hydroxylation is 2. The predicted molar refractivity (Wildman–Crippen MR) is 114 cm³/mol. The Balaban J connectivity index is 1.69. The zero-order valence-corrected chi connectivity index (χ0v) is 17.2. The summed E-state index contributed by atoms with van der Waals surface area (Å²) in [5.74, 6) is 1.33. The number of ether oxygens (including phenoxy) is 1. The van der Waals surface area contributed by atoms with E-state index in [0.717, 1.165) is 37.9 Å². The first-order chi connectivity index (χ1) is 14.0. The SMILES string of the molecule is COc1ccccc1[C@@H]1CC(=O)Nc2c1c(C)nn2-c1nc2ccc(C)cc2s1. The molecule has 3 heterocycles. The smallest absolute Gasteiger partial charge is 0.226 e. The van der Waals surface area contributed by atoms with Gasteiger partial charge in [0.1, 0.15) is 11.6 Å². The summed E-state index contributed by atoms with van der Waals surface area (Å²) in [6, 6.07) is 14.0. The summed E-state index contributed by atoms with van der Waals surface area (Å²) in [5, 5.41) is 8.53. The van der Waals surface area contributed by atoms with Crippen LogP contribution in [0.3, 0.4) is 0 Å². The van der Waals surface area contributed by atoms with Crippen molar-refractivity contribution in [2.45, 2.75) is 26.2 Å². The number of carbonyl (C=O) groups is 1. The van der Waals surface area contributed by atoms with Crippen LogP contribution in [0, 0.1) is 13.8 Å². The van der Waals surface area contributed by atoms with Crippen LogP contribution in [0.2, 0.25) is 0 Å². The molecule has 7 heteroatoms. The number of nitrogens with one attached hydrogen (secondary N) is 1. The maximum absolute atomic E-state index is 12.6. The summed E-state index contributed by atoms with van der Waals surface area (Å²) in [4.78, 5) is 17.4. The molecular weight excluding hydrogens is 384 g/mol. The summed E-state index contributed by atoms with van der Waals surface area (Å²) in [7, 11) is 1.65. The predicted octanol–water partition coefficient (Wildman–Crippen LogP) is 4.58. The molecule has 1 N–H and O–H groups in total. The second-order valence-corrected chi connectivity index (χ2v) is 8.28. The summed E-state index contributed by atoms with van der Waals surface area (Å²) in [6.45, 7) is 4.05. The normalized spacial score (nSPS) is 16.0. The molecule has 0 spiro atoms. The highest BCUT2D eigenvalue weighted by atomic mass is 32.1. The lowest BCUT2D eigenvalue weighted by molar-refractivity contribution is -0.116. The van der Waals surface area contributed by atoms with E-state index in [9.17, 15) is 4.79 Å². The van der Waals surface area contributed by atoms with Crippen LogP contribution in [0.1, 0.15) is 34.7 Å². The lowest BCUT2D eigenvalue weighted by atomic mass is 9.85. The number of anilines is 1. The average molecular weight is 404 g/mol. The molecule has 1 aliphatic rings. The largest absolute Gasteiger partial charge is 0.496 e. The zero-order valence-electron chi connectivity index (χ0n) is 16.4. The van der Waals surface area contributed by atoms with E-state index in [1.54, 1.807) is 23.1 Å². The number of methoxy groups -OCH3 is 1. The number of para-hydroxylation sites is 1. The molecule has 6 nitrogen and oxygen atoms in total. The summed E-state index contributed by atoms with van der Waals surface area (Å²) >= 11 is 1.57. The molecule has 0 saturated heterocycles. The fourth-order valence-electron chi connectivity index (χ4n) is 4.02. The third-order valence-corrected chi connectivity index (χ3v) is 6.32. The number of hydrogen-bond acceptors (Lipinski definition) is 5. The minimum absolute atomic E-state index is 0.0356. The monoisotopic (exact) mass is 404 g/mol. The van der Waals surface area contributed by atoms with Crippen LogP contribution in [0.25, 0.3) is 15.3 Å². The minimum atomic E-state index is -0.111. The Labute approximate surface area is 172 Å². The Morgan fingerprint density at radius 1 is 1.21 bits per heavy atom. The van der Waals surface area contributed by atoms with Crippen LogP contribution >= 0.6 is 11.3 Å². The van der Waals surface area contributed by atoms with Gasteiger partial charge in [0.15, 0.2) is 0 Å². The van der Waals surface area contributed by atoms with E-state index in [-0.39, 0.29) is 11.8 Å². The zero-order chi connectivity index (χ0) is 20.1. The van der Waals surface area contributed by atoms with Crippen molar-refractivity contribution < 1.29 is 9.53 Å². The van der Waals surface area contributed by atoms with E-state index in [4.69, 9.17) is 14.8 Å². The van der Waals surface area contributed by atoms with E-state index >= 15 is 0 Å². The lowest BCUT2D eigenvalue weighted by Crippen LogP contribution is -2.25. The first-order valence-corrected chi connectivity index (χ1v) is 10.3. The molecule has 1 aliphatic heterocycles. The molecule has 0 saturated carbocycles. The average Bonchev–Trinajstić information content (AvgIpc) is 3.27. The molecule has 1 amide bonds. The van der Waals surface area contributed by atoms with Crippen molar-refractivity contribution in [2.75, 3.05) is 12.4 Å². The Morgan fingerprint density at radius 3 is 2.86 bits per heavy atom. The van der Waals surface area contributed by atoms with Gasteiger partial charge in [-0.2, -0.15) is 9.78 Å². The number of hydrogen-bond donors (Lipinski definition) is 1. The van der Waals surface area contributed by atoms with Gasteiger partial charge >= 0.3 is 0 Å². The summed E-state index contributed by atoms with van der Waals surface area (Å²) in [6.07, 6.45) is 0.360. The standard InChI is InChI=1S/C22H20N4O2S/c1-12-8-9-16-18(10-12)29-22(23-16)26-21-20(13(2)25-26)15(11-19(27)24-21)14-6-4-5-7-17(14)28-3/h4-10,15H,11H2,1-3H3,(H,24,27)/t15-/m0/s1. The van der Waals surface area contributed by atoms with Crippen molar-refractivity contribution in [3.05, 3.63) is 64.8 Å². The second kappa shape index (κ2) is 6.70. The number of fused-ring (bicyclic) bond motifs is 2. The van der Waals surface area contributed by atoms with Crippen molar-refractivity contribution in [3.63, 3.8) is 0 Å². The van der Waals surface area contributed by atoms with Crippen LogP contribution in [-0.4, -0.2) is 27.8 Å². The van der Waals surface area contributed by atoms with Gasteiger partial charge in [-0.3, -0.25) is 4.79 Å². The molecular formula is C22H20N4O2S. The molecule has 0 unspecified atom stereocenters. The Morgan fingerprint density at radius 2 is 2.03 bits per heavy atom. The Kier molecular flexibility index (Phi) is 4.13. The number of benzene rings is 2. The minimum Gasteiger partial charge on any atom is -0.496 e. The molecule has 0 aliphatic carbocycles. The Hall–Kier alpha value is -3.19. The molecule has 29 heavy (non-hydrogen) atoms. The highest BCUT2D eigenvalue weighted by Crippen LogP contribution is 2.43. The van der Waals surface area contributed by atoms with Crippen molar-refractivity contribution in [3.8, 4) is 10.9 Å². The molecule has 0 fully saturated rings. The van der Waals surface area contributed by atoms with E-state index in [1.807, 2.05) is 37.3 Å². The Bertz CT molecular complexity index is 1260. The van der Waals surface area contributed by atoms with Gasteiger partial charge in [0.05, 0.1) is 23.0 Å². The number of thiazole rings is 1. The second-order valence-electron chi connectivity index (χ2n) is 7.27. The van der Waals surface area contributed by atoms with Crippen LogP contribution in [-0.2, 0) is 4.79 Å².